The minimum atomic E-state index is -3.22. The van der Waals surface area contributed by atoms with E-state index in [1.807, 2.05) is 13.8 Å². The number of carbonyl (C=O) groups is 2. The van der Waals surface area contributed by atoms with Crippen LogP contribution in [0.2, 0.25) is 5.15 Å². The first-order valence-corrected chi connectivity index (χ1v) is 15.3. The Hall–Kier alpha value is -3.56. The van der Waals surface area contributed by atoms with Crippen molar-refractivity contribution in [1.82, 2.24) is 29.7 Å². The van der Waals surface area contributed by atoms with Crippen molar-refractivity contribution in [2.24, 2.45) is 17.4 Å². The molecule has 0 fully saturated rings. The quantitative estimate of drug-likeness (QED) is 0.0269. The molecule has 0 atom stereocenters. The monoisotopic (exact) mass is 770 g/mol. The van der Waals surface area contributed by atoms with Crippen LogP contribution in [0.15, 0.2) is 31.0 Å². The standard InChI is InChI=1S/C5H6ClN3.C5H7N3O.C5H7N3.C4H6O2.CH5N3.6CH4.Cl3OP/c1-3-2-8-5(7)9-4(3)6;1-4-2-7-5(6)8(9)3-4;1-4-2-7-5(6)8-3-4;1-4(2-5)3-6;2-1(3)4;;;;;;;1-5(2,3)4/h2H,1H3,(H2,7,8,9);2-3,6,9H,1H3;2-3H,1H3,(H2,6,7,8);2-4H,1H3;(H5,2,3,4);6*1H4;. The average molecular weight is 773 g/mol. The highest BCUT2D eigenvalue weighted by molar-refractivity contribution is 8.24. The first-order chi connectivity index (χ1) is 18.7. The maximum atomic E-state index is 9.51. The Kier molecular flexibility index (Phi) is 51.8. The van der Waals surface area contributed by atoms with Crippen LogP contribution in [0.3, 0.4) is 0 Å². The van der Waals surface area contributed by atoms with Gasteiger partial charge in [0.25, 0.3) is 5.62 Å². The molecular weight excluding hydrogens is 717 g/mol. The lowest BCUT2D eigenvalue weighted by molar-refractivity contribution is -0.118. The van der Waals surface area contributed by atoms with Gasteiger partial charge >= 0.3 is 5.20 Å². The van der Waals surface area contributed by atoms with Crippen LogP contribution in [-0.4, -0.2) is 53.4 Å². The Morgan fingerprint density at radius 3 is 1.43 bits per heavy atom. The number of aryl methyl sites for hydroxylation is 3. The fourth-order valence-corrected chi connectivity index (χ4v) is 1.51. The van der Waals surface area contributed by atoms with E-state index in [1.54, 1.807) is 32.4 Å². The van der Waals surface area contributed by atoms with Crippen molar-refractivity contribution >= 4 is 81.0 Å². The molecule has 3 rings (SSSR count). The van der Waals surface area contributed by atoms with E-state index >= 15 is 0 Å². The molecule has 0 amide bonds. The van der Waals surface area contributed by atoms with E-state index in [0.29, 0.717) is 28.4 Å². The van der Waals surface area contributed by atoms with Crippen molar-refractivity contribution in [1.29, 1.82) is 10.8 Å². The highest BCUT2D eigenvalue weighted by Crippen LogP contribution is 2.61. The summed E-state index contributed by atoms with van der Waals surface area (Å²) in [6, 6.07) is 0. The number of halogens is 4. The molecule has 0 aromatic carbocycles. The Labute approximate surface area is 299 Å². The summed E-state index contributed by atoms with van der Waals surface area (Å²) in [6.07, 6.45) is 9.11. The Morgan fingerprint density at radius 2 is 1.19 bits per heavy atom. The number of hydrogen-bond acceptors (Lipinski definition) is 13. The summed E-state index contributed by atoms with van der Waals surface area (Å²) >= 11 is 19.4. The van der Waals surface area contributed by atoms with Crippen LogP contribution < -0.4 is 28.6 Å². The van der Waals surface area contributed by atoms with Gasteiger partial charge in [-0.3, -0.25) is 15.4 Å². The minimum absolute atomic E-state index is 0. The van der Waals surface area contributed by atoms with Crippen LogP contribution in [0, 0.1) is 37.5 Å². The summed E-state index contributed by atoms with van der Waals surface area (Å²) in [5.74, 6) is -0.216. The van der Waals surface area contributed by atoms with Crippen molar-refractivity contribution in [3.05, 3.63) is 58.4 Å². The molecule has 0 spiro atoms. The number of aromatic nitrogens is 6. The summed E-state index contributed by atoms with van der Waals surface area (Å²) in [6.45, 7) is 7.07. The maximum absolute atomic E-state index is 9.51. The van der Waals surface area contributed by atoms with Crippen LogP contribution in [0.5, 0.6) is 0 Å². The second-order valence-corrected chi connectivity index (χ2v) is 14.1. The van der Waals surface area contributed by atoms with Crippen LogP contribution in [0.25, 0.3) is 0 Å². The number of nitrogens with one attached hydrogen (secondary N) is 2. The molecule has 0 saturated carbocycles. The molecule has 16 nitrogen and oxygen atoms in total. The number of nitrogens with two attached hydrogens (primary N) is 4. The molecule has 0 aliphatic rings. The van der Waals surface area contributed by atoms with Gasteiger partial charge in [-0.25, -0.2) is 24.9 Å². The molecule has 3 aromatic heterocycles. The molecular formula is C26H55Cl4N12O4P. The van der Waals surface area contributed by atoms with Gasteiger partial charge < -0.3 is 37.7 Å². The van der Waals surface area contributed by atoms with Gasteiger partial charge in [-0.15, -0.1) is 0 Å². The van der Waals surface area contributed by atoms with Crippen molar-refractivity contribution in [3.63, 3.8) is 0 Å². The van der Waals surface area contributed by atoms with E-state index in [2.05, 4.69) is 70.1 Å². The van der Waals surface area contributed by atoms with Gasteiger partial charge in [0.1, 0.15) is 17.7 Å². The van der Waals surface area contributed by atoms with Crippen LogP contribution in [0.4, 0.5) is 11.9 Å². The molecule has 0 unspecified atom stereocenters. The molecule has 0 saturated heterocycles. The highest BCUT2D eigenvalue weighted by Gasteiger charge is 2.03. The molecule has 3 heterocycles. The number of rotatable bonds is 2. The minimum Gasteiger partial charge on any atom is -0.425 e. The second kappa shape index (κ2) is 36.9. The lowest BCUT2D eigenvalue weighted by Gasteiger charge is -1.94. The van der Waals surface area contributed by atoms with Crippen LogP contribution >= 0.6 is 50.5 Å². The molecule has 0 aliphatic carbocycles. The zero-order valence-corrected chi connectivity index (χ0v) is 26.2. The number of anilines is 2. The molecule has 276 valence electrons. The number of guanidine groups is 1. The Bertz CT molecular complexity index is 1270. The zero-order chi connectivity index (χ0) is 32.8. The molecule has 47 heavy (non-hydrogen) atoms. The van der Waals surface area contributed by atoms with Crippen LogP contribution in [0.1, 0.15) is 68.2 Å². The number of nitrogen functional groups attached to an aromatic ring is 2. The Morgan fingerprint density at radius 1 is 0.851 bits per heavy atom. The third-order valence-corrected chi connectivity index (χ3v) is 3.47. The lowest BCUT2D eigenvalue weighted by atomic mass is 10.3. The first-order valence-electron chi connectivity index (χ1n) is 10.5. The molecule has 0 aliphatic heterocycles. The van der Waals surface area contributed by atoms with Crippen molar-refractivity contribution in [2.45, 2.75) is 72.3 Å². The average Bonchev–Trinajstić information content (AvgIpc) is 2.85. The highest BCUT2D eigenvalue weighted by atomic mass is 36.0. The molecule has 0 radical (unpaired) electrons. The summed E-state index contributed by atoms with van der Waals surface area (Å²) in [5.41, 5.74) is 21.9. The number of hydrogen-bond donors (Lipinski definition) is 7. The largest absolute Gasteiger partial charge is 0.425 e. The normalized spacial score (nSPS) is 8.02. The third-order valence-electron chi connectivity index (χ3n) is 3.09. The third kappa shape index (κ3) is 52.3. The molecule has 0 bridgehead atoms. The SMILES string of the molecule is C.C.C.C.C.C.CC(C=O)C=O.Cc1cnc(=N)n(O)c1.Cc1cnc(N)nc1.Cc1cnc(N)nc1Cl.N=C(N)N.O=P(Cl)(Cl)Cl. The first kappa shape index (κ1) is 66.0. The zero-order valence-electron chi connectivity index (χ0n) is 22.2. The summed E-state index contributed by atoms with van der Waals surface area (Å²) in [5, 5.41) is 18.9. The molecule has 3 aromatic rings. The summed E-state index contributed by atoms with van der Waals surface area (Å²) < 4.78 is 10.2. The maximum Gasteiger partial charge on any atom is 0.339 e. The van der Waals surface area contributed by atoms with Gasteiger partial charge in [0.2, 0.25) is 11.9 Å². The van der Waals surface area contributed by atoms with Gasteiger partial charge in [0.15, 0.2) is 5.96 Å². The fraction of sp³-hybridized carbons (Fsp3) is 0.423. The summed E-state index contributed by atoms with van der Waals surface area (Å²) in [4.78, 5) is 37.5. The number of carbonyl (C=O) groups excluding carboxylic acids is 2. The topological polar surface area (TPSA) is 293 Å². The van der Waals surface area contributed by atoms with Crippen molar-refractivity contribution < 1.29 is 19.4 Å². The predicted molar refractivity (Wildman–Crippen MR) is 200 cm³/mol. The van der Waals surface area contributed by atoms with Crippen molar-refractivity contribution in [3.8, 4) is 0 Å². The number of aldehydes is 2. The predicted octanol–water partition coefficient (Wildman–Crippen LogP) is 6.78. The van der Waals surface area contributed by atoms with E-state index < -0.39 is 11.1 Å². The summed E-state index contributed by atoms with van der Waals surface area (Å²) in [7, 11) is 0. The lowest BCUT2D eigenvalue weighted by Crippen LogP contribution is -2.20. The van der Waals surface area contributed by atoms with Crippen LogP contribution in [-0.2, 0) is 14.2 Å². The van der Waals surface area contributed by atoms with Gasteiger partial charge in [-0.1, -0.05) is 56.2 Å². The van der Waals surface area contributed by atoms with E-state index in [1.165, 1.54) is 12.4 Å². The molecule has 11 N–H and O–H groups in total. The van der Waals surface area contributed by atoms with E-state index in [0.717, 1.165) is 16.7 Å². The van der Waals surface area contributed by atoms with Crippen molar-refractivity contribution in [2.75, 3.05) is 11.5 Å². The Balaban J connectivity index is -0.0000000524. The fourth-order valence-electron chi connectivity index (χ4n) is 1.38. The van der Waals surface area contributed by atoms with Gasteiger partial charge in [-0.2, -0.15) is 4.73 Å². The van der Waals surface area contributed by atoms with Gasteiger partial charge in [0, 0.05) is 30.4 Å². The van der Waals surface area contributed by atoms with Gasteiger partial charge in [0.05, 0.1) is 12.1 Å². The van der Waals surface area contributed by atoms with E-state index in [9.17, 15) is 14.2 Å². The van der Waals surface area contributed by atoms with E-state index in [-0.39, 0.29) is 62.1 Å². The second-order valence-electron chi connectivity index (χ2n) is 7.11. The number of nitrogens with zero attached hydrogens (tertiary/aromatic N) is 6. The van der Waals surface area contributed by atoms with Gasteiger partial charge in [-0.05, 0) is 72.5 Å². The molecule has 21 heteroatoms. The van der Waals surface area contributed by atoms with E-state index in [4.69, 9.17) is 39.1 Å². The smallest absolute Gasteiger partial charge is 0.339 e.